The maximum Gasteiger partial charge on any atom is 0.244 e. The van der Waals surface area contributed by atoms with E-state index in [1.165, 1.54) is 0 Å². The van der Waals surface area contributed by atoms with Crippen molar-refractivity contribution in [2.45, 2.75) is 38.6 Å². The van der Waals surface area contributed by atoms with Gasteiger partial charge < -0.3 is 5.32 Å². The maximum atomic E-state index is 12.9. The quantitative estimate of drug-likeness (QED) is 0.861. The lowest BCUT2D eigenvalue weighted by Crippen LogP contribution is -2.29. The van der Waals surface area contributed by atoms with E-state index >= 15 is 0 Å². The van der Waals surface area contributed by atoms with Gasteiger partial charge in [-0.15, -0.1) is 0 Å². The molecule has 0 spiro atoms. The minimum absolute atomic E-state index is 0.393. The van der Waals surface area contributed by atoms with Gasteiger partial charge in [-0.2, -0.15) is 4.31 Å². The Kier molecular flexibility index (Phi) is 5.46. The smallest absolute Gasteiger partial charge is 0.244 e. The van der Waals surface area contributed by atoms with E-state index in [0.29, 0.717) is 34.9 Å². The Morgan fingerprint density at radius 1 is 1.43 bits per heavy atom. The average Bonchev–Trinajstić information content (AvgIpc) is 2.87. The van der Waals surface area contributed by atoms with E-state index in [9.17, 15) is 8.42 Å². The summed E-state index contributed by atoms with van der Waals surface area (Å²) in [6.45, 7) is 8.85. The first-order valence-corrected chi connectivity index (χ1v) is 9.59. The van der Waals surface area contributed by atoms with Crippen molar-refractivity contribution in [3.63, 3.8) is 0 Å². The van der Waals surface area contributed by atoms with Crippen LogP contribution in [0.4, 0.5) is 0 Å². The van der Waals surface area contributed by atoms with Crippen molar-refractivity contribution < 1.29 is 8.42 Å². The molecule has 0 aromatic heterocycles. The third kappa shape index (κ3) is 3.67. The minimum atomic E-state index is -3.41. The van der Waals surface area contributed by atoms with E-state index in [0.717, 1.165) is 24.1 Å². The van der Waals surface area contributed by atoms with Gasteiger partial charge in [-0.05, 0) is 58.9 Å². The maximum absolute atomic E-state index is 12.9. The van der Waals surface area contributed by atoms with E-state index < -0.39 is 10.0 Å². The number of hydrogen-bond acceptors (Lipinski definition) is 3. The summed E-state index contributed by atoms with van der Waals surface area (Å²) < 4.78 is 28.0. The van der Waals surface area contributed by atoms with E-state index in [4.69, 9.17) is 0 Å². The molecular weight excluding hydrogens is 352 g/mol. The van der Waals surface area contributed by atoms with Gasteiger partial charge in [0, 0.05) is 24.1 Å². The standard InChI is InChI=1S/C15H23BrN2O2S/c1-4-17-9-13-7-12(3)15(16)14(8-13)21(19,20)18-6-5-11(2)10-18/h7-8,11,17H,4-6,9-10H2,1-3H3. The number of aryl methyl sites for hydroxylation is 1. The van der Waals surface area contributed by atoms with E-state index in [2.05, 4.69) is 28.2 Å². The molecule has 1 heterocycles. The summed E-state index contributed by atoms with van der Waals surface area (Å²) in [4.78, 5) is 0.393. The zero-order chi connectivity index (χ0) is 15.6. The lowest BCUT2D eigenvalue weighted by molar-refractivity contribution is 0.464. The van der Waals surface area contributed by atoms with Gasteiger partial charge in [-0.25, -0.2) is 8.42 Å². The topological polar surface area (TPSA) is 49.4 Å². The molecular formula is C15H23BrN2O2S. The van der Waals surface area contributed by atoms with Crippen LogP contribution < -0.4 is 5.32 Å². The number of nitrogens with one attached hydrogen (secondary N) is 1. The normalized spacial score (nSPS) is 20.1. The van der Waals surface area contributed by atoms with Crippen LogP contribution in [-0.4, -0.2) is 32.4 Å². The van der Waals surface area contributed by atoms with Crippen molar-refractivity contribution in [1.82, 2.24) is 9.62 Å². The molecule has 1 aliphatic heterocycles. The third-order valence-corrected chi connectivity index (χ3v) is 7.07. The number of nitrogens with zero attached hydrogens (tertiary/aromatic N) is 1. The molecule has 6 heteroatoms. The van der Waals surface area contributed by atoms with Crippen LogP contribution in [0.5, 0.6) is 0 Å². The fraction of sp³-hybridized carbons (Fsp3) is 0.600. The Bertz CT molecular complexity index is 616. The summed E-state index contributed by atoms with van der Waals surface area (Å²) in [5.41, 5.74) is 1.96. The Balaban J connectivity index is 2.39. The summed E-state index contributed by atoms with van der Waals surface area (Å²) in [7, 11) is -3.41. The Hall–Kier alpha value is -0.430. The molecule has 1 N–H and O–H groups in total. The molecule has 21 heavy (non-hydrogen) atoms. The minimum Gasteiger partial charge on any atom is -0.313 e. The summed E-state index contributed by atoms with van der Waals surface area (Å²) in [5, 5.41) is 3.24. The van der Waals surface area contributed by atoms with Crippen LogP contribution in [0.15, 0.2) is 21.5 Å². The number of halogens is 1. The lowest BCUT2D eigenvalue weighted by atomic mass is 10.1. The van der Waals surface area contributed by atoms with Crippen LogP contribution in [0.2, 0.25) is 0 Å². The summed E-state index contributed by atoms with van der Waals surface area (Å²) >= 11 is 3.45. The number of benzene rings is 1. The average molecular weight is 375 g/mol. The highest BCUT2D eigenvalue weighted by atomic mass is 79.9. The molecule has 2 rings (SSSR count). The molecule has 4 nitrogen and oxygen atoms in total. The van der Waals surface area contributed by atoms with Crippen LogP contribution in [0.1, 0.15) is 31.4 Å². The predicted octanol–water partition coefficient (Wildman–Crippen LogP) is 2.90. The van der Waals surface area contributed by atoms with Gasteiger partial charge in [0.25, 0.3) is 0 Å². The molecule has 1 saturated heterocycles. The predicted molar refractivity (Wildman–Crippen MR) is 88.8 cm³/mol. The molecule has 1 fully saturated rings. The molecule has 0 radical (unpaired) electrons. The highest BCUT2D eigenvalue weighted by molar-refractivity contribution is 9.10. The fourth-order valence-electron chi connectivity index (χ4n) is 2.62. The second-order valence-corrected chi connectivity index (χ2v) is 8.46. The molecule has 0 bridgehead atoms. The van der Waals surface area contributed by atoms with Crippen LogP contribution in [0.25, 0.3) is 0 Å². The molecule has 0 aliphatic carbocycles. The number of sulfonamides is 1. The van der Waals surface area contributed by atoms with E-state index in [1.807, 2.05) is 19.9 Å². The van der Waals surface area contributed by atoms with Gasteiger partial charge in [-0.3, -0.25) is 0 Å². The van der Waals surface area contributed by atoms with Crippen molar-refractivity contribution in [1.29, 1.82) is 0 Å². The van der Waals surface area contributed by atoms with Gasteiger partial charge in [0.15, 0.2) is 0 Å². The second-order valence-electron chi connectivity index (χ2n) is 5.76. The summed E-state index contributed by atoms with van der Waals surface area (Å²) in [6.07, 6.45) is 0.937. The molecule has 1 aromatic rings. The van der Waals surface area contributed by atoms with Crippen LogP contribution in [0.3, 0.4) is 0 Å². The van der Waals surface area contributed by atoms with Crippen molar-refractivity contribution in [2.24, 2.45) is 5.92 Å². The molecule has 1 unspecified atom stereocenters. The second kappa shape index (κ2) is 6.77. The van der Waals surface area contributed by atoms with Gasteiger partial charge >= 0.3 is 0 Å². The van der Waals surface area contributed by atoms with Crippen LogP contribution >= 0.6 is 15.9 Å². The first-order valence-electron chi connectivity index (χ1n) is 7.36. The largest absolute Gasteiger partial charge is 0.313 e. The summed E-state index contributed by atoms with van der Waals surface area (Å²) in [6, 6.07) is 3.82. The van der Waals surface area contributed by atoms with E-state index in [1.54, 1.807) is 10.4 Å². The van der Waals surface area contributed by atoms with Gasteiger partial charge in [0.1, 0.15) is 0 Å². The highest BCUT2D eigenvalue weighted by Gasteiger charge is 2.32. The van der Waals surface area contributed by atoms with Crippen LogP contribution in [-0.2, 0) is 16.6 Å². The highest BCUT2D eigenvalue weighted by Crippen LogP contribution is 2.32. The SMILES string of the molecule is CCNCc1cc(C)c(Br)c(S(=O)(=O)N2CCC(C)C2)c1. The van der Waals surface area contributed by atoms with Gasteiger partial charge in [-0.1, -0.05) is 19.9 Å². The van der Waals surface area contributed by atoms with Gasteiger partial charge in [0.2, 0.25) is 10.0 Å². The fourth-order valence-corrected chi connectivity index (χ4v) is 5.23. The Morgan fingerprint density at radius 3 is 2.71 bits per heavy atom. The van der Waals surface area contributed by atoms with Crippen molar-refractivity contribution in [3.05, 3.63) is 27.7 Å². The monoisotopic (exact) mass is 374 g/mol. The molecule has 1 aliphatic rings. The lowest BCUT2D eigenvalue weighted by Gasteiger charge is -2.19. The van der Waals surface area contributed by atoms with Gasteiger partial charge in [0.05, 0.1) is 4.90 Å². The van der Waals surface area contributed by atoms with Crippen molar-refractivity contribution in [3.8, 4) is 0 Å². The van der Waals surface area contributed by atoms with Crippen molar-refractivity contribution in [2.75, 3.05) is 19.6 Å². The third-order valence-electron chi connectivity index (χ3n) is 3.86. The molecule has 1 aromatic carbocycles. The molecule has 0 saturated carbocycles. The van der Waals surface area contributed by atoms with Crippen LogP contribution in [0, 0.1) is 12.8 Å². The Labute approximate surface area is 136 Å². The Morgan fingerprint density at radius 2 is 2.14 bits per heavy atom. The molecule has 0 amide bonds. The van der Waals surface area contributed by atoms with E-state index in [-0.39, 0.29) is 0 Å². The molecule has 118 valence electrons. The zero-order valence-electron chi connectivity index (χ0n) is 12.8. The first-order chi connectivity index (χ1) is 9.86. The number of hydrogen-bond donors (Lipinski definition) is 1. The molecule has 1 atom stereocenters. The van der Waals surface area contributed by atoms with Crippen molar-refractivity contribution >= 4 is 26.0 Å². The zero-order valence-corrected chi connectivity index (χ0v) is 15.2. The summed E-state index contributed by atoms with van der Waals surface area (Å²) in [5.74, 6) is 0.435. The first kappa shape index (κ1) is 16.9. The number of rotatable bonds is 5.